The number of piperazine rings is 1. The van der Waals surface area contributed by atoms with Crippen molar-refractivity contribution in [3.63, 3.8) is 0 Å². The van der Waals surface area contributed by atoms with Crippen LogP contribution >= 0.6 is 0 Å². The number of methoxy groups -OCH3 is 2. The molecule has 35 heavy (non-hydrogen) atoms. The lowest BCUT2D eigenvalue weighted by molar-refractivity contribution is 0.0589. The van der Waals surface area contributed by atoms with Crippen LogP contribution in [0, 0.1) is 6.92 Å². The summed E-state index contributed by atoms with van der Waals surface area (Å²) in [5, 5.41) is 0. The van der Waals surface area contributed by atoms with Crippen LogP contribution in [0.1, 0.15) is 50.9 Å². The summed E-state index contributed by atoms with van der Waals surface area (Å²) in [5.41, 5.74) is 3.17. The number of nitrogens with zero attached hydrogens (tertiary/aromatic N) is 4. The number of carbonyl (C=O) groups is 2. The minimum Gasteiger partial charge on any atom is -0.497 e. The molecular weight excluding hydrogens is 444 g/mol. The summed E-state index contributed by atoms with van der Waals surface area (Å²) in [6, 6.07) is 11.1. The van der Waals surface area contributed by atoms with Gasteiger partial charge in [-0.15, -0.1) is 0 Å². The molecule has 1 aromatic heterocycles. The highest BCUT2D eigenvalue weighted by molar-refractivity contribution is 5.96. The van der Waals surface area contributed by atoms with Gasteiger partial charge in [0, 0.05) is 70.1 Å². The Bertz CT molecular complexity index is 1010. The Morgan fingerprint density at radius 2 is 1.54 bits per heavy atom. The van der Waals surface area contributed by atoms with Crippen LogP contribution in [0.25, 0.3) is 0 Å². The Hall–Kier alpha value is -2.97. The van der Waals surface area contributed by atoms with Crippen LogP contribution in [0.5, 0.6) is 5.75 Å². The van der Waals surface area contributed by atoms with Crippen LogP contribution in [0.4, 0.5) is 0 Å². The van der Waals surface area contributed by atoms with E-state index in [1.165, 1.54) is 0 Å². The molecule has 0 spiro atoms. The Balaban J connectivity index is 1.40. The zero-order valence-corrected chi connectivity index (χ0v) is 21.0. The number of carbonyl (C=O) groups excluding carboxylic acids is 2. The van der Waals surface area contributed by atoms with E-state index in [0.29, 0.717) is 43.9 Å². The summed E-state index contributed by atoms with van der Waals surface area (Å²) in [6.07, 6.45) is 1.59. The summed E-state index contributed by atoms with van der Waals surface area (Å²) in [6.45, 7) is 8.01. The molecule has 0 aliphatic carbocycles. The average molecular weight is 481 g/mol. The number of aryl methyl sites for hydroxylation is 1. The first-order chi connectivity index (χ1) is 17.0. The topological polar surface area (TPSA) is 75.2 Å². The van der Waals surface area contributed by atoms with Crippen molar-refractivity contribution in [2.75, 3.05) is 66.6 Å². The second-order valence-corrected chi connectivity index (χ2v) is 9.31. The van der Waals surface area contributed by atoms with E-state index >= 15 is 0 Å². The molecule has 0 saturated carbocycles. The zero-order chi connectivity index (χ0) is 24.8. The maximum Gasteiger partial charge on any atom is 0.255 e. The summed E-state index contributed by atoms with van der Waals surface area (Å²) in [5.74, 6) is 0.998. The summed E-state index contributed by atoms with van der Waals surface area (Å²) < 4.78 is 10.4. The molecule has 1 aromatic carbocycles. The molecule has 4 rings (SSSR count). The molecular formula is C27H36N4O4. The van der Waals surface area contributed by atoms with E-state index in [0.717, 1.165) is 49.6 Å². The number of hydrogen-bond donors (Lipinski definition) is 0. The molecule has 188 valence electrons. The third-order valence-corrected chi connectivity index (χ3v) is 7.07. The molecule has 2 aromatic rings. The van der Waals surface area contributed by atoms with Crippen molar-refractivity contribution < 1.29 is 19.1 Å². The van der Waals surface area contributed by atoms with Crippen LogP contribution in [0.3, 0.4) is 0 Å². The minimum absolute atomic E-state index is 0.0333. The van der Waals surface area contributed by atoms with Crippen molar-refractivity contribution >= 4 is 11.8 Å². The first-order valence-corrected chi connectivity index (χ1v) is 12.4. The van der Waals surface area contributed by atoms with Gasteiger partial charge in [-0.25, -0.2) is 0 Å². The zero-order valence-electron chi connectivity index (χ0n) is 21.0. The van der Waals surface area contributed by atoms with E-state index in [2.05, 4.69) is 4.90 Å². The molecule has 2 fully saturated rings. The monoisotopic (exact) mass is 480 g/mol. The van der Waals surface area contributed by atoms with E-state index < -0.39 is 0 Å². The van der Waals surface area contributed by atoms with Gasteiger partial charge in [-0.3, -0.25) is 19.5 Å². The molecule has 0 unspecified atom stereocenters. The van der Waals surface area contributed by atoms with Gasteiger partial charge in [0.15, 0.2) is 0 Å². The van der Waals surface area contributed by atoms with Crippen molar-refractivity contribution in [3.05, 3.63) is 58.9 Å². The van der Waals surface area contributed by atoms with Gasteiger partial charge in [0.1, 0.15) is 5.75 Å². The Morgan fingerprint density at radius 3 is 2.17 bits per heavy atom. The molecule has 8 nitrogen and oxygen atoms in total. The summed E-state index contributed by atoms with van der Waals surface area (Å²) in [7, 11) is 3.33. The summed E-state index contributed by atoms with van der Waals surface area (Å²) >= 11 is 0. The highest BCUT2D eigenvalue weighted by Crippen LogP contribution is 2.31. The molecule has 2 amide bonds. The van der Waals surface area contributed by atoms with Gasteiger partial charge in [0.25, 0.3) is 11.8 Å². The Morgan fingerprint density at radius 1 is 0.886 bits per heavy atom. The normalized spacial score (nSPS) is 17.5. The van der Waals surface area contributed by atoms with Crippen molar-refractivity contribution in [1.29, 1.82) is 0 Å². The van der Waals surface area contributed by atoms with Gasteiger partial charge in [0.2, 0.25) is 0 Å². The molecule has 0 radical (unpaired) electrons. The van der Waals surface area contributed by atoms with Gasteiger partial charge in [-0.1, -0.05) is 0 Å². The highest BCUT2D eigenvalue weighted by Gasteiger charge is 2.30. The number of rotatable bonds is 7. The lowest BCUT2D eigenvalue weighted by Gasteiger charge is -2.36. The predicted octanol–water partition coefficient (Wildman–Crippen LogP) is 2.82. The van der Waals surface area contributed by atoms with E-state index in [-0.39, 0.29) is 17.7 Å². The molecule has 2 aliphatic heterocycles. The number of piperidine rings is 1. The fraction of sp³-hybridized carbons (Fsp3) is 0.519. The smallest absolute Gasteiger partial charge is 0.255 e. The second-order valence-electron chi connectivity index (χ2n) is 9.31. The molecule has 0 bridgehead atoms. The molecule has 0 N–H and O–H groups in total. The number of hydrogen-bond acceptors (Lipinski definition) is 6. The predicted molar refractivity (Wildman–Crippen MR) is 134 cm³/mol. The lowest BCUT2D eigenvalue weighted by Crippen LogP contribution is -2.49. The molecule has 3 heterocycles. The standard InChI is InChI=1S/C27H36N4O4/c1-20-4-9-24(27(33)31-16-14-29(15-17-31)18-19-34-2)25(28-20)21-10-12-30(13-11-21)26(32)22-5-7-23(35-3)8-6-22/h4-9,21H,10-19H2,1-3H3. The molecule has 8 heteroatoms. The quantitative estimate of drug-likeness (QED) is 0.607. The van der Waals surface area contributed by atoms with E-state index in [9.17, 15) is 9.59 Å². The third-order valence-electron chi connectivity index (χ3n) is 7.07. The average Bonchev–Trinajstić information content (AvgIpc) is 2.91. The number of aromatic nitrogens is 1. The van der Waals surface area contributed by atoms with Gasteiger partial charge >= 0.3 is 0 Å². The van der Waals surface area contributed by atoms with Crippen LogP contribution in [-0.2, 0) is 4.74 Å². The van der Waals surface area contributed by atoms with Gasteiger partial charge in [0.05, 0.1) is 25.0 Å². The van der Waals surface area contributed by atoms with Crippen LogP contribution in [-0.4, -0.2) is 98.1 Å². The maximum absolute atomic E-state index is 13.5. The van der Waals surface area contributed by atoms with Crippen molar-refractivity contribution in [2.45, 2.75) is 25.7 Å². The lowest BCUT2D eigenvalue weighted by atomic mass is 9.89. The van der Waals surface area contributed by atoms with Crippen molar-refractivity contribution in [1.82, 2.24) is 19.7 Å². The SMILES string of the molecule is COCCN1CCN(C(=O)c2ccc(C)nc2C2CCN(C(=O)c3ccc(OC)cc3)CC2)CC1. The van der Waals surface area contributed by atoms with Gasteiger partial charge in [-0.05, 0) is 56.2 Å². The summed E-state index contributed by atoms with van der Waals surface area (Å²) in [4.78, 5) is 37.4. The van der Waals surface area contributed by atoms with Crippen molar-refractivity contribution in [2.24, 2.45) is 0 Å². The second kappa shape index (κ2) is 11.6. The Kier molecular flexibility index (Phi) is 8.36. The first-order valence-electron chi connectivity index (χ1n) is 12.4. The Labute approximate surface area is 207 Å². The van der Waals surface area contributed by atoms with Crippen LogP contribution < -0.4 is 4.74 Å². The van der Waals surface area contributed by atoms with E-state index in [4.69, 9.17) is 14.5 Å². The van der Waals surface area contributed by atoms with Gasteiger partial charge < -0.3 is 19.3 Å². The van der Waals surface area contributed by atoms with Crippen LogP contribution in [0.2, 0.25) is 0 Å². The number of ether oxygens (including phenoxy) is 2. The largest absolute Gasteiger partial charge is 0.497 e. The van der Waals surface area contributed by atoms with Gasteiger partial charge in [-0.2, -0.15) is 0 Å². The van der Waals surface area contributed by atoms with E-state index in [1.54, 1.807) is 26.4 Å². The molecule has 2 aliphatic rings. The fourth-order valence-corrected chi connectivity index (χ4v) is 4.91. The number of benzene rings is 1. The molecule has 2 saturated heterocycles. The van der Waals surface area contributed by atoms with E-state index in [1.807, 2.05) is 41.0 Å². The first kappa shape index (κ1) is 25.1. The van der Waals surface area contributed by atoms with Crippen molar-refractivity contribution in [3.8, 4) is 5.75 Å². The number of pyridine rings is 1. The molecule has 0 atom stereocenters. The third kappa shape index (κ3) is 6.00. The number of amides is 2. The minimum atomic E-state index is 0.0333. The maximum atomic E-state index is 13.5. The fourth-order valence-electron chi connectivity index (χ4n) is 4.91. The van der Waals surface area contributed by atoms with Crippen LogP contribution in [0.15, 0.2) is 36.4 Å². The number of likely N-dealkylation sites (tertiary alicyclic amines) is 1. The highest BCUT2D eigenvalue weighted by atomic mass is 16.5.